The minimum Gasteiger partial charge on any atom is -0.379 e. The predicted octanol–water partition coefficient (Wildman–Crippen LogP) is 0.113. The highest BCUT2D eigenvalue weighted by Gasteiger charge is 2.26. The maximum atomic E-state index is 12.8. The van der Waals surface area contributed by atoms with Crippen LogP contribution in [0.3, 0.4) is 0 Å². The molecule has 0 aliphatic carbocycles. The van der Waals surface area contributed by atoms with Gasteiger partial charge in [-0.2, -0.15) is 4.31 Å². The number of carbonyl (C=O) groups excluding carboxylic acids is 1. The molecule has 9 heteroatoms. The van der Waals surface area contributed by atoms with Crippen LogP contribution in [0.4, 0.5) is 5.69 Å². The average Bonchev–Trinajstić information content (AvgIpc) is 2.71. The smallest absolute Gasteiger partial charge is 0.279 e. The molecule has 1 aromatic heterocycles. The van der Waals surface area contributed by atoms with Crippen LogP contribution < -0.4 is 10.6 Å². The van der Waals surface area contributed by atoms with Gasteiger partial charge < -0.3 is 15.4 Å². The number of rotatable bonds is 7. The quantitative estimate of drug-likeness (QED) is 0.680. The van der Waals surface area contributed by atoms with Gasteiger partial charge >= 0.3 is 0 Å². The molecule has 1 aromatic carbocycles. The number of ether oxygens (including phenoxy) is 1. The van der Waals surface area contributed by atoms with E-state index in [-0.39, 0.29) is 17.3 Å². The minimum atomic E-state index is -3.60. The summed E-state index contributed by atoms with van der Waals surface area (Å²) in [5.74, 6) is -0.194. The molecular formula is C19H25N4O4S+. The lowest BCUT2D eigenvalue weighted by Gasteiger charge is -2.26. The van der Waals surface area contributed by atoms with Gasteiger partial charge in [-0.05, 0) is 36.8 Å². The number of nitrogens with one attached hydrogen (secondary N) is 1. The molecule has 150 valence electrons. The molecule has 0 radical (unpaired) electrons. The number of quaternary nitrogens is 1. The maximum absolute atomic E-state index is 12.8. The highest BCUT2D eigenvalue weighted by molar-refractivity contribution is 7.89. The molecule has 1 amide bonds. The van der Waals surface area contributed by atoms with Crippen molar-refractivity contribution in [3.8, 4) is 0 Å². The number of amides is 1. The number of pyridine rings is 1. The van der Waals surface area contributed by atoms with E-state index in [2.05, 4.69) is 10.3 Å². The Labute approximate surface area is 165 Å². The van der Waals surface area contributed by atoms with Crippen molar-refractivity contribution in [3.05, 3.63) is 53.9 Å². The van der Waals surface area contributed by atoms with Gasteiger partial charge in [-0.15, -0.1) is 0 Å². The predicted molar refractivity (Wildman–Crippen MR) is 104 cm³/mol. The fourth-order valence-corrected chi connectivity index (χ4v) is 4.34. The Morgan fingerprint density at radius 1 is 1.25 bits per heavy atom. The molecule has 1 fully saturated rings. The van der Waals surface area contributed by atoms with E-state index in [1.165, 1.54) is 10.4 Å². The van der Waals surface area contributed by atoms with Gasteiger partial charge in [0, 0.05) is 25.0 Å². The van der Waals surface area contributed by atoms with Crippen molar-refractivity contribution < 1.29 is 23.3 Å². The number of benzene rings is 1. The fraction of sp³-hybridized carbons (Fsp3) is 0.368. The number of carbonyl (C=O) groups is 1. The summed E-state index contributed by atoms with van der Waals surface area (Å²) in [5.41, 5.74) is 2.20. The zero-order chi connectivity index (χ0) is 20.0. The lowest BCUT2D eigenvalue weighted by atomic mass is 10.2. The van der Waals surface area contributed by atoms with Crippen LogP contribution in [0.2, 0.25) is 0 Å². The van der Waals surface area contributed by atoms with E-state index in [1.807, 2.05) is 30.4 Å². The van der Waals surface area contributed by atoms with Crippen molar-refractivity contribution in [1.82, 2.24) is 9.29 Å². The second kappa shape index (κ2) is 9.24. The summed E-state index contributed by atoms with van der Waals surface area (Å²) in [6, 6.07) is 10.5. The molecule has 1 aliphatic heterocycles. The third-order valence-corrected chi connectivity index (χ3v) is 6.39. The van der Waals surface area contributed by atoms with Gasteiger partial charge in [0.2, 0.25) is 10.0 Å². The molecule has 3 N–H and O–H groups in total. The zero-order valence-corrected chi connectivity index (χ0v) is 16.6. The number of anilines is 1. The van der Waals surface area contributed by atoms with E-state index in [0.717, 1.165) is 11.3 Å². The van der Waals surface area contributed by atoms with Gasteiger partial charge in [0.15, 0.2) is 6.54 Å². The number of hydrogen-bond donors (Lipinski definition) is 2. The van der Waals surface area contributed by atoms with Crippen molar-refractivity contribution in [2.24, 2.45) is 0 Å². The number of hydrogen-bond acceptors (Lipinski definition) is 5. The van der Waals surface area contributed by atoms with Crippen LogP contribution in [0.1, 0.15) is 11.3 Å². The number of nitrogens with zero attached hydrogens (tertiary/aromatic N) is 2. The normalized spacial score (nSPS) is 15.3. The monoisotopic (exact) mass is 405 g/mol. The minimum absolute atomic E-state index is 0.174. The summed E-state index contributed by atoms with van der Waals surface area (Å²) in [7, 11) is -3.60. The second-order valence-electron chi connectivity index (χ2n) is 6.56. The largest absolute Gasteiger partial charge is 0.379 e. The Morgan fingerprint density at radius 3 is 2.75 bits per heavy atom. The van der Waals surface area contributed by atoms with Gasteiger partial charge in [0.05, 0.1) is 23.8 Å². The van der Waals surface area contributed by atoms with Gasteiger partial charge in [0.1, 0.15) is 6.54 Å². The van der Waals surface area contributed by atoms with E-state index in [4.69, 9.17) is 4.74 Å². The van der Waals surface area contributed by atoms with Crippen LogP contribution >= 0.6 is 0 Å². The van der Waals surface area contributed by atoms with Crippen LogP contribution in [0, 0.1) is 6.92 Å². The first-order chi connectivity index (χ1) is 13.5. The summed E-state index contributed by atoms with van der Waals surface area (Å²) in [5, 5.41) is 4.66. The highest BCUT2D eigenvalue weighted by atomic mass is 32.2. The number of aryl methyl sites for hydroxylation is 1. The van der Waals surface area contributed by atoms with Crippen LogP contribution in [0.5, 0.6) is 0 Å². The van der Waals surface area contributed by atoms with E-state index in [0.29, 0.717) is 38.5 Å². The van der Waals surface area contributed by atoms with E-state index in [9.17, 15) is 13.2 Å². The van der Waals surface area contributed by atoms with Gasteiger partial charge in [0.25, 0.3) is 5.91 Å². The van der Waals surface area contributed by atoms with E-state index < -0.39 is 10.0 Å². The molecule has 8 nitrogen and oxygen atoms in total. The molecule has 0 saturated carbocycles. The van der Waals surface area contributed by atoms with Crippen LogP contribution in [0.25, 0.3) is 0 Å². The van der Waals surface area contributed by atoms with E-state index >= 15 is 0 Å². The molecule has 0 spiro atoms. The Morgan fingerprint density at radius 2 is 2.04 bits per heavy atom. The van der Waals surface area contributed by atoms with Crippen molar-refractivity contribution in [1.29, 1.82) is 0 Å². The fourth-order valence-electron chi connectivity index (χ4n) is 2.90. The van der Waals surface area contributed by atoms with Gasteiger partial charge in [-0.25, -0.2) is 8.42 Å². The number of sulfonamides is 1. The maximum Gasteiger partial charge on any atom is 0.279 e. The third-order valence-electron chi connectivity index (χ3n) is 4.50. The molecule has 1 saturated heterocycles. The van der Waals surface area contributed by atoms with Crippen LogP contribution in [0.15, 0.2) is 47.5 Å². The topological polar surface area (TPSA) is 105 Å². The lowest BCUT2D eigenvalue weighted by Crippen LogP contribution is -2.84. The average molecular weight is 406 g/mol. The van der Waals surface area contributed by atoms with Gasteiger partial charge in [-0.3, -0.25) is 9.78 Å². The Kier molecular flexibility index (Phi) is 6.74. The SMILES string of the molecule is Cc1ccc(S(=O)(=O)N2CCOCC2)cc1NC(=O)C[NH2+]Cc1ccccn1. The Balaban J connectivity index is 1.63. The van der Waals surface area contributed by atoms with Gasteiger partial charge in [-0.1, -0.05) is 12.1 Å². The molecule has 2 heterocycles. The van der Waals surface area contributed by atoms with Crippen molar-refractivity contribution in [3.63, 3.8) is 0 Å². The molecule has 3 rings (SSSR count). The highest BCUT2D eigenvalue weighted by Crippen LogP contribution is 2.23. The molecule has 0 atom stereocenters. The summed E-state index contributed by atoms with van der Waals surface area (Å²) >= 11 is 0. The molecule has 0 bridgehead atoms. The summed E-state index contributed by atoms with van der Waals surface area (Å²) in [6.07, 6.45) is 1.72. The standard InChI is InChI=1S/C19H24N4O4S/c1-15-5-6-17(28(25,26)23-8-10-27-11-9-23)12-18(15)22-19(24)14-20-13-16-4-2-3-7-21-16/h2-7,12,20H,8-11,13-14H2,1H3,(H,22,24)/p+1. The van der Waals surface area contributed by atoms with E-state index in [1.54, 1.807) is 18.3 Å². The van der Waals surface area contributed by atoms with Crippen LogP contribution in [-0.2, 0) is 26.1 Å². The second-order valence-corrected chi connectivity index (χ2v) is 8.50. The summed E-state index contributed by atoms with van der Waals surface area (Å²) < 4.78 is 32.3. The first kappa shape index (κ1) is 20.4. The van der Waals surface area contributed by atoms with Crippen molar-refractivity contribution in [2.75, 3.05) is 38.2 Å². The van der Waals surface area contributed by atoms with Crippen LogP contribution in [-0.4, -0.2) is 56.5 Å². The molecule has 2 aromatic rings. The molecule has 1 aliphatic rings. The number of aromatic nitrogens is 1. The Hall–Kier alpha value is -2.33. The zero-order valence-electron chi connectivity index (χ0n) is 15.8. The lowest BCUT2D eigenvalue weighted by molar-refractivity contribution is -0.660. The third kappa shape index (κ3) is 5.14. The molecule has 28 heavy (non-hydrogen) atoms. The molecule has 0 unspecified atom stereocenters. The summed E-state index contributed by atoms with van der Waals surface area (Å²) in [4.78, 5) is 16.7. The number of nitrogens with two attached hydrogens (primary N) is 1. The number of morpholine rings is 1. The molecular weight excluding hydrogens is 380 g/mol. The Bertz CT molecular complexity index is 913. The first-order valence-electron chi connectivity index (χ1n) is 9.17. The summed E-state index contributed by atoms with van der Waals surface area (Å²) in [6.45, 7) is 4.09. The van der Waals surface area contributed by atoms with Crippen molar-refractivity contribution in [2.45, 2.75) is 18.4 Å². The van der Waals surface area contributed by atoms with Crippen molar-refractivity contribution >= 4 is 21.6 Å². The first-order valence-corrected chi connectivity index (χ1v) is 10.6.